The lowest BCUT2D eigenvalue weighted by Crippen LogP contribution is -2.19. The second kappa shape index (κ2) is 7.56. The number of rotatable bonds is 6. The van der Waals surface area contributed by atoms with Crippen molar-refractivity contribution in [2.75, 3.05) is 12.4 Å². The quantitative estimate of drug-likeness (QED) is 0.691. The van der Waals surface area contributed by atoms with Crippen molar-refractivity contribution in [3.8, 4) is 5.75 Å². The van der Waals surface area contributed by atoms with E-state index < -0.39 is 17.4 Å². The second-order valence-corrected chi connectivity index (χ2v) is 5.81. The number of nitrogens with one attached hydrogen (secondary N) is 2. The lowest BCUT2D eigenvalue weighted by Gasteiger charge is -2.08. The third-order valence-corrected chi connectivity index (χ3v) is 3.86. The van der Waals surface area contributed by atoms with Crippen LogP contribution < -0.4 is 15.7 Å². The number of anilines is 1. The first-order valence-corrected chi connectivity index (χ1v) is 8.05. The van der Waals surface area contributed by atoms with Gasteiger partial charge in [-0.1, -0.05) is 12.1 Å². The number of methoxy groups -OCH3 is 1. The monoisotopic (exact) mass is 378 g/mol. The van der Waals surface area contributed by atoms with Gasteiger partial charge in [-0.2, -0.15) is 18.3 Å². The molecule has 3 aromatic rings. The molecule has 6 nitrogen and oxygen atoms in total. The molecule has 1 aromatic heterocycles. The van der Waals surface area contributed by atoms with Crippen molar-refractivity contribution >= 4 is 5.69 Å². The van der Waals surface area contributed by atoms with E-state index in [0.29, 0.717) is 11.4 Å². The van der Waals surface area contributed by atoms with Crippen LogP contribution in [0.3, 0.4) is 0 Å². The minimum Gasteiger partial charge on any atom is -0.497 e. The van der Waals surface area contributed by atoms with Gasteiger partial charge in [-0.15, -0.1) is 0 Å². The maximum absolute atomic E-state index is 12.8. The molecule has 0 saturated carbocycles. The molecule has 0 aliphatic heterocycles. The van der Waals surface area contributed by atoms with Gasteiger partial charge >= 0.3 is 11.9 Å². The second-order valence-electron chi connectivity index (χ2n) is 5.81. The molecule has 0 saturated heterocycles. The largest absolute Gasteiger partial charge is 0.497 e. The Bertz CT molecular complexity index is 962. The van der Waals surface area contributed by atoms with E-state index >= 15 is 0 Å². The van der Waals surface area contributed by atoms with Crippen LogP contribution in [0.25, 0.3) is 0 Å². The van der Waals surface area contributed by atoms with Crippen LogP contribution in [-0.2, 0) is 19.3 Å². The zero-order valence-corrected chi connectivity index (χ0v) is 14.4. The van der Waals surface area contributed by atoms with Gasteiger partial charge in [0.1, 0.15) is 11.6 Å². The smallest absolute Gasteiger partial charge is 0.416 e. The molecular weight excluding hydrogens is 361 g/mol. The summed E-state index contributed by atoms with van der Waals surface area (Å²) in [6.45, 7) is 0.207. The van der Waals surface area contributed by atoms with Gasteiger partial charge in [0.15, 0.2) is 0 Å². The Morgan fingerprint density at radius 3 is 2.59 bits per heavy atom. The van der Waals surface area contributed by atoms with Gasteiger partial charge in [-0.3, -0.25) is 4.98 Å². The molecule has 0 aliphatic carbocycles. The summed E-state index contributed by atoms with van der Waals surface area (Å²) in [4.78, 5) is 14.6. The fraction of sp³-hybridized carbons (Fsp3) is 0.222. The standard InChI is InChI=1S/C18H17F3N4O2/c1-27-15-7-5-14(6-8-15)22-10-16-23-17(26)25(24-16)11-12-3-2-4-13(9-12)18(19,20)21/h2-9,22H,10-11H2,1H3,(H,23,24,26). The summed E-state index contributed by atoms with van der Waals surface area (Å²) in [6, 6.07) is 12.0. The third-order valence-electron chi connectivity index (χ3n) is 3.86. The number of aromatic nitrogens is 3. The van der Waals surface area contributed by atoms with E-state index in [0.717, 1.165) is 28.3 Å². The molecule has 3 rings (SSSR count). The van der Waals surface area contributed by atoms with Crippen molar-refractivity contribution in [2.24, 2.45) is 0 Å². The van der Waals surface area contributed by atoms with Crippen molar-refractivity contribution in [1.29, 1.82) is 0 Å². The van der Waals surface area contributed by atoms with Gasteiger partial charge in [-0.05, 0) is 42.0 Å². The first-order chi connectivity index (χ1) is 12.8. The van der Waals surface area contributed by atoms with Crippen LogP contribution in [0.4, 0.5) is 18.9 Å². The van der Waals surface area contributed by atoms with E-state index in [1.165, 1.54) is 12.1 Å². The number of benzene rings is 2. The highest BCUT2D eigenvalue weighted by Gasteiger charge is 2.30. The number of nitrogens with zero attached hydrogens (tertiary/aromatic N) is 2. The Morgan fingerprint density at radius 2 is 1.93 bits per heavy atom. The summed E-state index contributed by atoms with van der Waals surface area (Å²) >= 11 is 0. The molecule has 1 heterocycles. The van der Waals surface area contributed by atoms with E-state index in [4.69, 9.17) is 4.74 Å². The molecule has 0 fully saturated rings. The minimum atomic E-state index is -4.43. The first-order valence-electron chi connectivity index (χ1n) is 8.05. The van der Waals surface area contributed by atoms with Crippen LogP contribution in [0.1, 0.15) is 17.0 Å². The van der Waals surface area contributed by atoms with Crippen LogP contribution in [0.15, 0.2) is 53.3 Å². The molecule has 0 atom stereocenters. The van der Waals surface area contributed by atoms with Gasteiger partial charge in [0.2, 0.25) is 0 Å². The molecule has 0 aliphatic rings. The third kappa shape index (κ3) is 4.69. The SMILES string of the molecule is COc1ccc(NCc2nn(Cc3cccc(C(F)(F)F)c3)c(=O)[nH]2)cc1. The molecule has 0 spiro atoms. The van der Waals surface area contributed by atoms with Gasteiger partial charge in [-0.25, -0.2) is 9.48 Å². The molecule has 0 bridgehead atoms. The fourth-order valence-electron chi connectivity index (χ4n) is 2.50. The summed E-state index contributed by atoms with van der Waals surface area (Å²) in [7, 11) is 1.57. The van der Waals surface area contributed by atoms with Crippen molar-refractivity contribution in [2.45, 2.75) is 19.3 Å². The molecule has 2 aromatic carbocycles. The lowest BCUT2D eigenvalue weighted by atomic mass is 10.1. The Kier molecular flexibility index (Phi) is 5.20. The number of aromatic amines is 1. The predicted octanol–water partition coefficient (Wildman–Crippen LogP) is 3.26. The van der Waals surface area contributed by atoms with E-state index in [-0.39, 0.29) is 13.1 Å². The summed E-state index contributed by atoms with van der Waals surface area (Å²) in [5.41, 5.74) is -0.0962. The number of ether oxygens (including phenoxy) is 1. The molecule has 27 heavy (non-hydrogen) atoms. The maximum atomic E-state index is 12.8. The van der Waals surface area contributed by atoms with Gasteiger partial charge in [0.25, 0.3) is 0 Å². The average molecular weight is 378 g/mol. The number of alkyl halides is 3. The fourth-order valence-corrected chi connectivity index (χ4v) is 2.50. The number of H-pyrrole nitrogens is 1. The molecule has 0 radical (unpaired) electrons. The Balaban J connectivity index is 1.68. The van der Waals surface area contributed by atoms with Gasteiger partial charge in [0.05, 0.1) is 25.8 Å². The predicted molar refractivity (Wildman–Crippen MR) is 93.7 cm³/mol. The summed E-state index contributed by atoms with van der Waals surface area (Å²) in [6.07, 6.45) is -4.43. The Morgan fingerprint density at radius 1 is 1.19 bits per heavy atom. The molecule has 0 unspecified atom stereocenters. The molecular formula is C18H17F3N4O2. The van der Waals surface area contributed by atoms with Crippen LogP contribution >= 0.6 is 0 Å². The summed E-state index contributed by atoms with van der Waals surface area (Å²) in [5, 5.41) is 7.22. The van der Waals surface area contributed by atoms with Crippen LogP contribution in [0, 0.1) is 0 Å². The van der Waals surface area contributed by atoms with E-state index in [2.05, 4.69) is 15.4 Å². The molecule has 142 valence electrons. The van der Waals surface area contributed by atoms with E-state index in [1.54, 1.807) is 19.2 Å². The van der Waals surface area contributed by atoms with Gasteiger partial charge < -0.3 is 10.1 Å². The lowest BCUT2D eigenvalue weighted by molar-refractivity contribution is -0.137. The van der Waals surface area contributed by atoms with Crippen LogP contribution in [0.2, 0.25) is 0 Å². The number of hydrogen-bond donors (Lipinski definition) is 2. The highest BCUT2D eigenvalue weighted by molar-refractivity contribution is 5.46. The van der Waals surface area contributed by atoms with Crippen LogP contribution in [-0.4, -0.2) is 21.9 Å². The van der Waals surface area contributed by atoms with Crippen molar-refractivity contribution < 1.29 is 17.9 Å². The maximum Gasteiger partial charge on any atom is 0.416 e. The topological polar surface area (TPSA) is 71.9 Å². The van der Waals surface area contributed by atoms with E-state index in [1.807, 2.05) is 12.1 Å². The number of hydrogen-bond acceptors (Lipinski definition) is 4. The van der Waals surface area contributed by atoms with E-state index in [9.17, 15) is 18.0 Å². The molecule has 9 heteroatoms. The van der Waals surface area contributed by atoms with Crippen molar-refractivity contribution in [3.63, 3.8) is 0 Å². The summed E-state index contributed by atoms with van der Waals surface area (Å²) < 4.78 is 44.6. The van der Waals surface area contributed by atoms with Crippen LogP contribution in [0.5, 0.6) is 5.75 Å². The minimum absolute atomic E-state index is 0.0538. The van der Waals surface area contributed by atoms with Crippen molar-refractivity contribution in [1.82, 2.24) is 14.8 Å². The molecule has 0 amide bonds. The summed E-state index contributed by atoms with van der Waals surface area (Å²) in [5.74, 6) is 1.10. The normalized spacial score (nSPS) is 11.4. The number of halogens is 3. The molecule has 2 N–H and O–H groups in total. The highest BCUT2D eigenvalue weighted by atomic mass is 19.4. The zero-order valence-electron chi connectivity index (χ0n) is 14.4. The van der Waals surface area contributed by atoms with Crippen molar-refractivity contribution in [3.05, 3.63) is 76.0 Å². The average Bonchev–Trinajstić information content (AvgIpc) is 2.99. The Labute approximate surface area is 152 Å². The first kappa shape index (κ1) is 18.6. The highest BCUT2D eigenvalue weighted by Crippen LogP contribution is 2.29. The zero-order chi connectivity index (χ0) is 19.4. The Hall–Kier alpha value is -3.23. The van der Waals surface area contributed by atoms with Gasteiger partial charge in [0, 0.05) is 5.69 Å².